The average Bonchev–Trinajstić information content (AvgIpc) is 2.43. The predicted molar refractivity (Wildman–Crippen MR) is 86.9 cm³/mol. The van der Waals surface area contributed by atoms with Crippen LogP contribution in [0.1, 0.15) is 5.56 Å². The van der Waals surface area contributed by atoms with E-state index in [1.807, 2.05) is 36.4 Å². The first-order chi connectivity index (χ1) is 9.65. The fourth-order valence-electron chi connectivity index (χ4n) is 2.09. The fourth-order valence-corrected chi connectivity index (χ4v) is 3.42. The monoisotopic (exact) mass is 392 g/mol. The molecule has 0 radical (unpaired) electrons. The molecule has 5 heteroatoms. The van der Waals surface area contributed by atoms with Gasteiger partial charge in [0.1, 0.15) is 0 Å². The molecule has 1 heterocycles. The highest BCUT2D eigenvalue weighted by Gasteiger charge is 2.08. The molecule has 100 valence electrons. The van der Waals surface area contributed by atoms with Gasteiger partial charge >= 0.3 is 0 Å². The maximum atomic E-state index is 12.5. The van der Waals surface area contributed by atoms with Crippen LogP contribution in [0.5, 0.6) is 0 Å². The summed E-state index contributed by atoms with van der Waals surface area (Å²) in [5, 5.41) is 0.602. The minimum absolute atomic E-state index is 0.0409. The molecule has 0 amide bonds. The molecule has 0 saturated carbocycles. The largest absolute Gasteiger partial charge is 0.294 e. The van der Waals surface area contributed by atoms with Crippen molar-refractivity contribution in [3.8, 4) is 0 Å². The van der Waals surface area contributed by atoms with Crippen LogP contribution in [-0.4, -0.2) is 9.55 Å². The average molecular weight is 394 g/mol. The standard InChI is InChI=1S/C15H10Br2N2O/c16-11-6-12-14(13(17)7-11)18-9-19(15(12)20)8-10-4-2-1-3-5-10/h1-7,9H,8H2. The van der Waals surface area contributed by atoms with Crippen molar-refractivity contribution in [3.05, 3.63) is 73.7 Å². The molecule has 3 aromatic rings. The van der Waals surface area contributed by atoms with Crippen LogP contribution in [0.25, 0.3) is 10.9 Å². The highest BCUT2D eigenvalue weighted by atomic mass is 79.9. The summed E-state index contributed by atoms with van der Waals surface area (Å²) in [6.07, 6.45) is 1.59. The van der Waals surface area contributed by atoms with E-state index in [9.17, 15) is 4.79 Å². The molecule has 0 unspecified atom stereocenters. The summed E-state index contributed by atoms with van der Waals surface area (Å²) in [5.74, 6) is 0. The summed E-state index contributed by atoms with van der Waals surface area (Å²) in [4.78, 5) is 16.9. The molecule has 0 spiro atoms. The molecule has 0 N–H and O–H groups in total. The first kappa shape index (κ1) is 13.5. The smallest absolute Gasteiger partial charge is 0.261 e. The molecular weight excluding hydrogens is 384 g/mol. The van der Waals surface area contributed by atoms with Gasteiger partial charge in [-0.1, -0.05) is 46.3 Å². The molecule has 20 heavy (non-hydrogen) atoms. The maximum absolute atomic E-state index is 12.5. The van der Waals surface area contributed by atoms with E-state index < -0.39 is 0 Å². The number of rotatable bonds is 2. The summed E-state index contributed by atoms with van der Waals surface area (Å²) < 4.78 is 3.29. The third-order valence-electron chi connectivity index (χ3n) is 3.04. The van der Waals surface area contributed by atoms with Crippen molar-refractivity contribution >= 4 is 42.8 Å². The quantitative estimate of drug-likeness (QED) is 0.660. The van der Waals surface area contributed by atoms with Crippen molar-refractivity contribution in [2.45, 2.75) is 6.54 Å². The van der Waals surface area contributed by atoms with E-state index in [0.29, 0.717) is 17.4 Å². The van der Waals surface area contributed by atoms with Crippen LogP contribution < -0.4 is 5.56 Å². The van der Waals surface area contributed by atoms with Crippen molar-refractivity contribution in [1.29, 1.82) is 0 Å². The second kappa shape index (κ2) is 5.50. The Morgan fingerprint density at radius 3 is 2.60 bits per heavy atom. The molecule has 0 atom stereocenters. The number of nitrogens with zero attached hydrogens (tertiary/aromatic N) is 2. The minimum Gasteiger partial charge on any atom is -0.294 e. The Hall–Kier alpha value is -1.46. The van der Waals surface area contributed by atoms with Crippen molar-refractivity contribution in [3.63, 3.8) is 0 Å². The van der Waals surface area contributed by atoms with Crippen LogP contribution >= 0.6 is 31.9 Å². The SMILES string of the molecule is O=c1c2cc(Br)cc(Br)c2ncn1Cc1ccccc1. The van der Waals surface area contributed by atoms with Crippen LogP contribution in [-0.2, 0) is 6.54 Å². The molecule has 0 fully saturated rings. The first-order valence-corrected chi connectivity index (χ1v) is 7.62. The zero-order valence-corrected chi connectivity index (χ0v) is 13.6. The molecule has 0 bridgehead atoms. The van der Waals surface area contributed by atoms with E-state index in [4.69, 9.17) is 0 Å². The van der Waals surface area contributed by atoms with Gasteiger partial charge in [0, 0.05) is 8.95 Å². The Bertz CT molecular complexity index is 828. The van der Waals surface area contributed by atoms with Gasteiger partial charge in [-0.15, -0.1) is 0 Å². The predicted octanol–water partition coefficient (Wildman–Crippen LogP) is 3.97. The number of fused-ring (bicyclic) bond motifs is 1. The van der Waals surface area contributed by atoms with Gasteiger partial charge in [0.15, 0.2) is 0 Å². The number of aromatic nitrogens is 2. The van der Waals surface area contributed by atoms with Gasteiger partial charge < -0.3 is 0 Å². The summed E-state index contributed by atoms with van der Waals surface area (Å²) in [7, 11) is 0. The lowest BCUT2D eigenvalue weighted by Crippen LogP contribution is -2.21. The van der Waals surface area contributed by atoms with Gasteiger partial charge in [-0.05, 0) is 33.6 Å². The van der Waals surface area contributed by atoms with E-state index >= 15 is 0 Å². The Labute approximate surface area is 132 Å². The summed E-state index contributed by atoms with van der Waals surface area (Å²) in [5.41, 5.74) is 1.72. The van der Waals surface area contributed by atoms with E-state index in [0.717, 1.165) is 14.5 Å². The van der Waals surface area contributed by atoms with Gasteiger partial charge in [0.25, 0.3) is 5.56 Å². The lowest BCUT2D eigenvalue weighted by Gasteiger charge is -2.08. The lowest BCUT2D eigenvalue weighted by molar-refractivity contribution is 0.748. The second-order valence-corrected chi connectivity index (χ2v) is 6.22. The Morgan fingerprint density at radius 1 is 1.10 bits per heavy atom. The zero-order chi connectivity index (χ0) is 14.1. The Kier molecular flexibility index (Phi) is 3.72. The Morgan fingerprint density at radius 2 is 1.85 bits per heavy atom. The minimum atomic E-state index is -0.0409. The van der Waals surface area contributed by atoms with Crippen LogP contribution in [0.2, 0.25) is 0 Å². The van der Waals surface area contributed by atoms with Crippen molar-refractivity contribution in [1.82, 2.24) is 9.55 Å². The van der Waals surface area contributed by atoms with Crippen LogP contribution in [0, 0.1) is 0 Å². The fraction of sp³-hybridized carbons (Fsp3) is 0.0667. The van der Waals surface area contributed by atoms with E-state index in [1.54, 1.807) is 17.0 Å². The van der Waals surface area contributed by atoms with Crippen molar-refractivity contribution < 1.29 is 0 Å². The normalized spacial score (nSPS) is 10.9. The van der Waals surface area contributed by atoms with E-state index in [-0.39, 0.29) is 5.56 Å². The van der Waals surface area contributed by atoms with Crippen molar-refractivity contribution in [2.75, 3.05) is 0 Å². The van der Waals surface area contributed by atoms with Gasteiger partial charge in [0.05, 0.1) is 23.8 Å². The van der Waals surface area contributed by atoms with Crippen molar-refractivity contribution in [2.24, 2.45) is 0 Å². The summed E-state index contributed by atoms with van der Waals surface area (Å²) in [6.45, 7) is 0.521. The number of benzene rings is 2. The first-order valence-electron chi connectivity index (χ1n) is 6.03. The third-order valence-corrected chi connectivity index (χ3v) is 4.10. The molecule has 3 nitrogen and oxygen atoms in total. The van der Waals surface area contributed by atoms with Crippen LogP contribution in [0.15, 0.2) is 62.5 Å². The number of hydrogen-bond donors (Lipinski definition) is 0. The number of halogens is 2. The molecule has 0 aliphatic heterocycles. The molecule has 2 aromatic carbocycles. The highest BCUT2D eigenvalue weighted by molar-refractivity contribution is 9.11. The van der Waals surface area contributed by atoms with Crippen LogP contribution in [0.4, 0.5) is 0 Å². The maximum Gasteiger partial charge on any atom is 0.261 e. The molecule has 3 rings (SSSR count). The molecule has 0 saturated heterocycles. The van der Waals surface area contributed by atoms with Gasteiger partial charge in [-0.25, -0.2) is 4.98 Å². The third kappa shape index (κ3) is 2.55. The molecular formula is C15H10Br2N2O. The molecule has 0 aliphatic carbocycles. The van der Waals surface area contributed by atoms with Crippen LogP contribution in [0.3, 0.4) is 0 Å². The molecule has 0 aliphatic rings. The summed E-state index contributed by atoms with van der Waals surface area (Å²) >= 11 is 6.84. The van der Waals surface area contributed by atoms with Gasteiger partial charge in [-0.2, -0.15) is 0 Å². The zero-order valence-electron chi connectivity index (χ0n) is 10.4. The lowest BCUT2D eigenvalue weighted by atomic mass is 10.2. The summed E-state index contributed by atoms with van der Waals surface area (Å²) in [6, 6.07) is 13.6. The molecule has 1 aromatic heterocycles. The second-order valence-electron chi connectivity index (χ2n) is 4.45. The van der Waals surface area contributed by atoms with Gasteiger partial charge in [0.2, 0.25) is 0 Å². The van der Waals surface area contributed by atoms with E-state index in [2.05, 4.69) is 36.8 Å². The highest BCUT2D eigenvalue weighted by Crippen LogP contribution is 2.24. The van der Waals surface area contributed by atoms with Gasteiger partial charge in [-0.3, -0.25) is 9.36 Å². The number of hydrogen-bond acceptors (Lipinski definition) is 2. The Balaban J connectivity index is 2.14. The van der Waals surface area contributed by atoms with E-state index in [1.165, 1.54) is 0 Å². The topological polar surface area (TPSA) is 34.9 Å².